The van der Waals surface area contributed by atoms with Crippen molar-refractivity contribution < 1.29 is 22.7 Å². The number of carbonyl (C=O) groups excluding carboxylic acids is 2. The van der Waals surface area contributed by atoms with E-state index in [9.17, 15) is 18.0 Å². The monoisotopic (exact) mass is 624 g/mol. The lowest BCUT2D eigenvalue weighted by Gasteiger charge is -2.26. The third-order valence-corrected chi connectivity index (χ3v) is 9.29. The Morgan fingerprint density at radius 1 is 0.822 bits per heavy atom. The molecule has 0 saturated heterocycles. The molecule has 232 valence electrons. The van der Waals surface area contributed by atoms with Gasteiger partial charge in [-0.05, 0) is 72.5 Å². The van der Waals surface area contributed by atoms with Crippen LogP contribution in [-0.2, 0) is 21.4 Å². The molecule has 1 aliphatic rings. The second-order valence-corrected chi connectivity index (χ2v) is 12.6. The normalized spacial score (nSPS) is 13.7. The molecular weight excluding hydrogens is 588 g/mol. The minimum absolute atomic E-state index is 0.0300. The Labute approximate surface area is 264 Å². The molecule has 0 spiro atoms. The van der Waals surface area contributed by atoms with Crippen molar-refractivity contribution in [3.05, 3.63) is 126 Å². The number of anilines is 1. The highest BCUT2D eigenvalue weighted by atomic mass is 32.2. The lowest BCUT2D eigenvalue weighted by Crippen LogP contribution is -2.38. The van der Waals surface area contributed by atoms with E-state index in [1.807, 2.05) is 30.3 Å². The lowest BCUT2D eigenvalue weighted by molar-refractivity contribution is -0.124. The van der Waals surface area contributed by atoms with E-state index in [0.717, 1.165) is 31.2 Å². The minimum atomic E-state index is -4.02. The highest BCUT2D eigenvalue weighted by Gasteiger charge is 2.28. The molecule has 0 bridgehead atoms. The van der Waals surface area contributed by atoms with Gasteiger partial charge in [-0.3, -0.25) is 13.9 Å². The summed E-state index contributed by atoms with van der Waals surface area (Å²) in [6.07, 6.45) is 7.01. The van der Waals surface area contributed by atoms with E-state index in [1.165, 1.54) is 29.1 Å². The molecule has 0 heterocycles. The topological polar surface area (TPSA) is 117 Å². The minimum Gasteiger partial charge on any atom is -0.484 e. The standard InChI is InChI=1S/C35H36N4O5S/c40-34(37-29-14-6-2-7-15-29)26-44-30-22-20-27(21-23-30)24-36-38-35(41)32-18-10-11-19-33(32)39(25-28-12-4-1-5-13-28)45(42,43)31-16-8-3-9-17-31/h1,3-5,8-13,16-24,29H,2,6-7,14-15,25-26H2,(H,37,40)(H,38,41)/b36-24-. The largest absolute Gasteiger partial charge is 0.484 e. The van der Waals surface area contributed by atoms with E-state index < -0.39 is 15.9 Å². The van der Waals surface area contributed by atoms with Gasteiger partial charge in [0.15, 0.2) is 6.61 Å². The first-order valence-electron chi connectivity index (χ1n) is 15.0. The molecule has 1 fully saturated rings. The Hall–Kier alpha value is -4.96. The van der Waals surface area contributed by atoms with Gasteiger partial charge in [0.25, 0.3) is 21.8 Å². The van der Waals surface area contributed by atoms with Gasteiger partial charge in [-0.1, -0.05) is 79.9 Å². The molecule has 0 unspecified atom stereocenters. The van der Waals surface area contributed by atoms with E-state index in [4.69, 9.17) is 4.74 Å². The fraction of sp³-hybridized carbons (Fsp3) is 0.229. The number of para-hydroxylation sites is 1. The van der Waals surface area contributed by atoms with Gasteiger partial charge >= 0.3 is 0 Å². The molecule has 0 atom stereocenters. The number of benzene rings is 4. The van der Waals surface area contributed by atoms with Crippen molar-refractivity contribution in [3.63, 3.8) is 0 Å². The highest BCUT2D eigenvalue weighted by molar-refractivity contribution is 7.92. The van der Waals surface area contributed by atoms with Crippen molar-refractivity contribution in [1.29, 1.82) is 0 Å². The summed E-state index contributed by atoms with van der Waals surface area (Å²) < 4.78 is 34.6. The van der Waals surface area contributed by atoms with E-state index in [1.54, 1.807) is 66.7 Å². The first-order valence-corrected chi connectivity index (χ1v) is 16.4. The van der Waals surface area contributed by atoms with Crippen LogP contribution in [-0.4, -0.2) is 39.1 Å². The molecule has 10 heteroatoms. The van der Waals surface area contributed by atoms with Crippen LogP contribution in [0, 0.1) is 0 Å². The number of nitrogens with zero attached hydrogens (tertiary/aromatic N) is 2. The van der Waals surface area contributed by atoms with E-state index in [-0.39, 0.29) is 41.2 Å². The molecule has 0 aromatic heterocycles. The summed E-state index contributed by atoms with van der Waals surface area (Å²) >= 11 is 0. The van der Waals surface area contributed by atoms with Crippen LogP contribution >= 0.6 is 0 Å². The quantitative estimate of drug-likeness (QED) is 0.156. The van der Waals surface area contributed by atoms with Crippen molar-refractivity contribution >= 4 is 33.7 Å². The average Bonchev–Trinajstić information content (AvgIpc) is 3.08. The van der Waals surface area contributed by atoms with Crippen LogP contribution in [0.2, 0.25) is 0 Å². The molecular formula is C35H36N4O5S. The summed E-state index contributed by atoms with van der Waals surface area (Å²) in [5.74, 6) is -0.149. The Morgan fingerprint density at radius 3 is 2.18 bits per heavy atom. The van der Waals surface area contributed by atoms with Crippen LogP contribution in [0.25, 0.3) is 0 Å². The van der Waals surface area contributed by atoms with Crippen LogP contribution in [0.3, 0.4) is 0 Å². The van der Waals surface area contributed by atoms with Crippen molar-refractivity contribution in [1.82, 2.24) is 10.7 Å². The van der Waals surface area contributed by atoms with Gasteiger partial charge in [-0.2, -0.15) is 5.10 Å². The Kier molecular flexibility index (Phi) is 10.6. The fourth-order valence-corrected chi connectivity index (χ4v) is 6.69. The number of nitrogens with one attached hydrogen (secondary N) is 2. The lowest BCUT2D eigenvalue weighted by atomic mass is 9.95. The first kappa shape index (κ1) is 31.5. The second kappa shape index (κ2) is 15.2. The maximum absolute atomic E-state index is 13.8. The average molecular weight is 625 g/mol. The predicted octanol–water partition coefficient (Wildman–Crippen LogP) is 5.67. The summed E-state index contributed by atoms with van der Waals surface area (Å²) in [6.45, 7) is -0.0248. The van der Waals surface area contributed by atoms with Gasteiger partial charge in [0.2, 0.25) is 0 Å². The van der Waals surface area contributed by atoms with Gasteiger partial charge in [0, 0.05) is 6.04 Å². The number of hydrazone groups is 1. The maximum Gasteiger partial charge on any atom is 0.273 e. The van der Waals surface area contributed by atoms with Crippen LogP contribution in [0.1, 0.15) is 53.6 Å². The van der Waals surface area contributed by atoms with Gasteiger partial charge in [0.1, 0.15) is 5.75 Å². The molecule has 9 nitrogen and oxygen atoms in total. The van der Waals surface area contributed by atoms with Gasteiger partial charge in [0.05, 0.1) is 28.9 Å². The Morgan fingerprint density at radius 2 is 1.47 bits per heavy atom. The zero-order chi connectivity index (χ0) is 31.5. The summed E-state index contributed by atoms with van der Waals surface area (Å²) in [4.78, 5) is 25.7. The summed E-state index contributed by atoms with van der Waals surface area (Å²) in [7, 11) is -4.02. The Bertz CT molecular complexity index is 1710. The summed E-state index contributed by atoms with van der Waals surface area (Å²) in [6, 6.07) is 31.1. The maximum atomic E-state index is 13.8. The van der Waals surface area contributed by atoms with Crippen LogP contribution < -0.4 is 19.8 Å². The third-order valence-electron chi connectivity index (χ3n) is 7.52. The zero-order valence-electron chi connectivity index (χ0n) is 24.8. The number of amides is 2. The number of hydrogen-bond acceptors (Lipinski definition) is 6. The van der Waals surface area contributed by atoms with Gasteiger partial charge in [-0.15, -0.1) is 0 Å². The molecule has 45 heavy (non-hydrogen) atoms. The third kappa shape index (κ3) is 8.57. The molecule has 2 N–H and O–H groups in total. The number of rotatable bonds is 12. The van der Waals surface area contributed by atoms with E-state index in [0.29, 0.717) is 11.3 Å². The molecule has 0 aliphatic heterocycles. The van der Waals surface area contributed by atoms with E-state index >= 15 is 0 Å². The van der Waals surface area contributed by atoms with Crippen molar-refractivity contribution in [2.75, 3.05) is 10.9 Å². The molecule has 4 aromatic rings. The van der Waals surface area contributed by atoms with Gasteiger partial charge < -0.3 is 10.1 Å². The highest BCUT2D eigenvalue weighted by Crippen LogP contribution is 2.29. The van der Waals surface area contributed by atoms with Crippen molar-refractivity contribution in [2.24, 2.45) is 5.10 Å². The predicted molar refractivity (Wildman–Crippen MR) is 175 cm³/mol. The molecule has 2 amide bonds. The zero-order valence-corrected chi connectivity index (χ0v) is 25.7. The second-order valence-electron chi connectivity index (χ2n) is 10.8. The number of ether oxygens (including phenoxy) is 1. The van der Waals surface area contributed by atoms with Crippen LogP contribution in [0.15, 0.2) is 119 Å². The molecule has 5 rings (SSSR count). The van der Waals surface area contributed by atoms with Crippen LogP contribution in [0.5, 0.6) is 5.75 Å². The number of carbonyl (C=O) groups is 2. The van der Waals surface area contributed by atoms with Gasteiger partial charge in [-0.25, -0.2) is 13.8 Å². The van der Waals surface area contributed by atoms with Crippen LogP contribution in [0.4, 0.5) is 5.69 Å². The van der Waals surface area contributed by atoms with Crippen molar-refractivity contribution in [3.8, 4) is 5.75 Å². The number of hydrogen-bond donors (Lipinski definition) is 2. The molecule has 4 aromatic carbocycles. The molecule has 1 aliphatic carbocycles. The van der Waals surface area contributed by atoms with Crippen molar-refractivity contribution in [2.45, 2.75) is 49.6 Å². The summed E-state index contributed by atoms with van der Waals surface area (Å²) in [5.41, 5.74) is 4.36. The fourth-order valence-electron chi connectivity index (χ4n) is 5.19. The smallest absolute Gasteiger partial charge is 0.273 e. The van der Waals surface area contributed by atoms with E-state index in [2.05, 4.69) is 15.8 Å². The summed E-state index contributed by atoms with van der Waals surface area (Å²) in [5, 5.41) is 7.12. The molecule has 0 radical (unpaired) electrons. The SMILES string of the molecule is O=C(COc1ccc(/C=N\NC(=O)c2ccccc2N(Cc2ccccc2)S(=O)(=O)c2ccccc2)cc1)NC1CCCCC1. The Balaban J connectivity index is 1.25. The first-order chi connectivity index (χ1) is 21.9. The number of sulfonamides is 1. The molecule has 1 saturated carbocycles.